The second-order valence-corrected chi connectivity index (χ2v) is 11.4. The van der Waals surface area contributed by atoms with E-state index in [1.54, 1.807) is 12.1 Å². The Bertz CT molecular complexity index is 1060. The molecule has 1 saturated heterocycles. The van der Waals surface area contributed by atoms with Crippen molar-refractivity contribution in [2.45, 2.75) is 55.6 Å². The van der Waals surface area contributed by atoms with Crippen molar-refractivity contribution >= 4 is 16.1 Å². The number of esters is 1. The first-order valence-corrected chi connectivity index (χ1v) is 13.2. The summed E-state index contributed by atoms with van der Waals surface area (Å²) in [5.74, 6) is -0.496. The third-order valence-corrected chi connectivity index (χ3v) is 7.66. The molecular formula is C26H35NO6S. The lowest BCUT2D eigenvalue weighted by molar-refractivity contribution is -0.879. The number of hydrogen-bond donors (Lipinski definition) is 1. The van der Waals surface area contributed by atoms with Crippen molar-refractivity contribution in [3.63, 3.8) is 0 Å². The van der Waals surface area contributed by atoms with Crippen LogP contribution in [-0.2, 0) is 25.3 Å². The van der Waals surface area contributed by atoms with Crippen molar-refractivity contribution in [1.29, 1.82) is 0 Å². The van der Waals surface area contributed by atoms with Gasteiger partial charge in [-0.05, 0) is 37.5 Å². The monoisotopic (exact) mass is 489 g/mol. The summed E-state index contributed by atoms with van der Waals surface area (Å²) in [6, 6.07) is 15.1. The number of rotatable bonds is 5. The van der Waals surface area contributed by atoms with Crippen LogP contribution in [0.25, 0.3) is 0 Å². The molecule has 1 saturated carbocycles. The fraction of sp³-hybridized carbons (Fsp3) is 0.500. The van der Waals surface area contributed by atoms with Gasteiger partial charge in [-0.2, -0.15) is 0 Å². The molecule has 2 unspecified atom stereocenters. The first-order chi connectivity index (χ1) is 15.9. The van der Waals surface area contributed by atoms with E-state index in [0.29, 0.717) is 5.56 Å². The Balaban J connectivity index is 0.000000248. The fourth-order valence-corrected chi connectivity index (χ4v) is 5.30. The van der Waals surface area contributed by atoms with Gasteiger partial charge in [0.15, 0.2) is 11.7 Å². The van der Waals surface area contributed by atoms with Gasteiger partial charge in [0, 0.05) is 12.3 Å². The molecule has 0 radical (unpaired) electrons. The highest BCUT2D eigenvalue weighted by Crippen LogP contribution is 2.42. The minimum atomic E-state index is -4.27. The van der Waals surface area contributed by atoms with Gasteiger partial charge in [-0.15, -0.1) is 0 Å². The standard InChI is InChI=1S/C19H28NO3.C7H8O3S/c1-20(2)13-12-17(14-20)23-18(21)19(22,16-10-6-7-11-16)15-8-4-3-5-9-15;1-6-2-4-7(5-3-6)11(8,9)10/h3-5,8-9,16-17,22H,6-7,10-14H2,1-2H3;2-5H,1H3,(H,8,9,10)/q+1;/p-1. The summed E-state index contributed by atoms with van der Waals surface area (Å²) in [7, 11) is 0.0245. The Morgan fingerprint density at radius 1 is 1.03 bits per heavy atom. The summed E-state index contributed by atoms with van der Waals surface area (Å²) >= 11 is 0. The van der Waals surface area contributed by atoms with Crippen LogP contribution in [0.1, 0.15) is 43.2 Å². The Morgan fingerprint density at radius 3 is 2.12 bits per heavy atom. The minimum Gasteiger partial charge on any atom is -0.744 e. The largest absolute Gasteiger partial charge is 0.744 e. The highest BCUT2D eigenvalue weighted by atomic mass is 32.2. The Kier molecular flexibility index (Phi) is 8.18. The highest BCUT2D eigenvalue weighted by molar-refractivity contribution is 7.85. The maximum atomic E-state index is 12.9. The van der Waals surface area contributed by atoms with E-state index in [0.717, 1.165) is 55.2 Å². The molecule has 1 N–H and O–H groups in total. The van der Waals surface area contributed by atoms with Crippen LogP contribution in [0.15, 0.2) is 59.5 Å². The number of quaternary nitrogens is 1. The molecule has 186 valence electrons. The first-order valence-electron chi connectivity index (χ1n) is 11.8. The van der Waals surface area contributed by atoms with E-state index < -0.39 is 21.7 Å². The predicted molar refractivity (Wildman–Crippen MR) is 128 cm³/mol. The van der Waals surface area contributed by atoms with E-state index in [9.17, 15) is 22.9 Å². The lowest BCUT2D eigenvalue weighted by Gasteiger charge is -2.33. The summed E-state index contributed by atoms with van der Waals surface area (Å²) in [5.41, 5.74) is 0.0957. The van der Waals surface area contributed by atoms with Crippen LogP contribution in [-0.4, -0.2) is 61.8 Å². The van der Waals surface area contributed by atoms with Crippen LogP contribution < -0.4 is 0 Å². The number of carbonyl (C=O) groups excluding carboxylic acids is 1. The smallest absolute Gasteiger partial charge is 0.343 e. The lowest BCUT2D eigenvalue weighted by atomic mass is 9.80. The molecule has 7 nitrogen and oxygen atoms in total. The summed E-state index contributed by atoms with van der Waals surface area (Å²) in [6.45, 7) is 3.65. The highest BCUT2D eigenvalue weighted by Gasteiger charge is 2.49. The first kappa shape index (κ1) is 26.3. The number of aryl methyl sites for hydroxylation is 1. The van der Waals surface area contributed by atoms with Gasteiger partial charge in [0.25, 0.3) is 0 Å². The Hall–Kier alpha value is -2.26. The molecule has 34 heavy (non-hydrogen) atoms. The third-order valence-electron chi connectivity index (χ3n) is 6.81. The number of likely N-dealkylation sites (tertiary alicyclic amines) is 1. The van der Waals surface area contributed by atoms with E-state index in [2.05, 4.69) is 14.1 Å². The number of hydrogen-bond acceptors (Lipinski definition) is 6. The van der Waals surface area contributed by atoms with Gasteiger partial charge < -0.3 is 18.9 Å². The van der Waals surface area contributed by atoms with E-state index in [1.807, 2.05) is 37.3 Å². The van der Waals surface area contributed by atoms with Crippen LogP contribution >= 0.6 is 0 Å². The van der Waals surface area contributed by atoms with Crippen molar-refractivity contribution in [3.05, 3.63) is 65.7 Å². The number of likely N-dealkylation sites (N-methyl/N-ethyl adjacent to an activating group) is 1. The van der Waals surface area contributed by atoms with Crippen molar-refractivity contribution in [2.75, 3.05) is 27.2 Å². The Labute approximate surface area is 202 Å². The molecule has 1 aliphatic carbocycles. The van der Waals surface area contributed by atoms with Crippen molar-refractivity contribution in [1.82, 2.24) is 0 Å². The molecule has 0 aromatic heterocycles. The third kappa shape index (κ3) is 6.44. The van der Waals surface area contributed by atoms with Crippen LogP contribution in [0, 0.1) is 12.8 Å². The maximum absolute atomic E-state index is 12.9. The Morgan fingerprint density at radius 2 is 1.62 bits per heavy atom. The minimum absolute atomic E-state index is 0.0405. The second kappa shape index (κ2) is 10.6. The van der Waals surface area contributed by atoms with Crippen LogP contribution in [0.5, 0.6) is 0 Å². The quantitative estimate of drug-likeness (QED) is 0.392. The number of aliphatic hydroxyl groups is 1. The molecule has 8 heteroatoms. The summed E-state index contributed by atoms with van der Waals surface area (Å²) in [5, 5.41) is 11.4. The molecule has 2 fully saturated rings. The summed E-state index contributed by atoms with van der Waals surface area (Å²) in [4.78, 5) is 12.8. The van der Waals surface area contributed by atoms with E-state index >= 15 is 0 Å². The summed E-state index contributed by atoms with van der Waals surface area (Å²) < 4.78 is 37.8. The van der Waals surface area contributed by atoms with Crippen LogP contribution in [0.2, 0.25) is 0 Å². The molecule has 2 aromatic rings. The van der Waals surface area contributed by atoms with Gasteiger partial charge in [-0.25, -0.2) is 13.2 Å². The number of carbonyl (C=O) groups is 1. The number of ether oxygens (including phenoxy) is 1. The molecule has 0 spiro atoms. The topological polar surface area (TPSA) is 104 Å². The van der Waals surface area contributed by atoms with E-state index in [4.69, 9.17) is 4.74 Å². The fourth-order valence-electron chi connectivity index (χ4n) is 4.83. The van der Waals surface area contributed by atoms with Gasteiger partial charge in [0.2, 0.25) is 0 Å². The molecule has 2 aliphatic rings. The van der Waals surface area contributed by atoms with E-state index in [-0.39, 0.29) is 16.9 Å². The zero-order valence-electron chi connectivity index (χ0n) is 20.1. The number of nitrogens with zero attached hydrogens (tertiary/aromatic N) is 1. The van der Waals surface area contributed by atoms with Gasteiger partial charge in [-0.3, -0.25) is 0 Å². The molecule has 4 rings (SSSR count). The van der Waals surface area contributed by atoms with Crippen molar-refractivity contribution in [3.8, 4) is 0 Å². The molecule has 1 heterocycles. The molecule has 0 amide bonds. The second-order valence-electron chi connectivity index (χ2n) is 10.0. The van der Waals surface area contributed by atoms with Crippen molar-refractivity contribution in [2.24, 2.45) is 5.92 Å². The average molecular weight is 490 g/mol. The molecule has 2 atom stereocenters. The van der Waals surface area contributed by atoms with Gasteiger partial charge in [0.1, 0.15) is 16.7 Å². The van der Waals surface area contributed by atoms with E-state index in [1.165, 1.54) is 12.1 Å². The molecule has 1 aliphatic heterocycles. The molecule has 0 bridgehead atoms. The van der Waals surface area contributed by atoms with Gasteiger partial charge >= 0.3 is 5.97 Å². The normalized spacial score (nSPS) is 21.9. The van der Waals surface area contributed by atoms with Gasteiger partial charge in [0.05, 0.1) is 25.5 Å². The number of benzene rings is 2. The van der Waals surface area contributed by atoms with Crippen LogP contribution in [0.4, 0.5) is 0 Å². The molecule has 2 aromatic carbocycles. The van der Waals surface area contributed by atoms with Crippen LogP contribution in [0.3, 0.4) is 0 Å². The average Bonchev–Trinajstić information content (AvgIpc) is 3.44. The summed E-state index contributed by atoms with van der Waals surface area (Å²) in [6.07, 6.45) is 4.68. The predicted octanol–water partition coefficient (Wildman–Crippen LogP) is 3.36. The van der Waals surface area contributed by atoms with Crippen molar-refractivity contribution < 1.29 is 32.1 Å². The zero-order valence-corrected chi connectivity index (χ0v) is 21.0. The lowest BCUT2D eigenvalue weighted by Crippen LogP contribution is -2.46. The maximum Gasteiger partial charge on any atom is 0.343 e. The van der Waals surface area contributed by atoms with Gasteiger partial charge in [-0.1, -0.05) is 60.9 Å². The molecular weight excluding hydrogens is 454 g/mol. The zero-order chi connectivity index (χ0) is 25.0. The SMILES string of the molecule is C[N+]1(C)CCC(OC(=O)C(O)(c2ccccc2)C2CCCC2)C1.Cc1ccc(S(=O)(=O)[O-])cc1.